The first-order valence-electron chi connectivity index (χ1n) is 11.2. The summed E-state index contributed by atoms with van der Waals surface area (Å²) in [6.45, 7) is 2.16. The van der Waals surface area contributed by atoms with Crippen molar-refractivity contribution in [1.82, 2.24) is 14.6 Å². The molecule has 3 aromatic rings. The van der Waals surface area contributed by atoms with Crippen molar-refractivity contribution in [2.24, 2.45) is 4.99 Å². The summed E-state index contributed by atoms with van der Waals surface area (Å²) in [6.07, 6.45) is 9.05. The molecule has 1 N–H and O–H groups in total. The number of fused-ring (bicyclic) bond motifs is 1. The highest BCUT2D eigenvalue weighted by Gasteiger charge is 2.24. The summed E-state index contributed by atoms with van der Waals surface area (Å²) in [5, 5.41) is 13.0. The molecule has 1 unspecified atom stereocenters. The summed E-state index contributed by atoms with van der Waals surface area (Å²) < 4.78 is 2.00. The Morgan fingerprint density at radius 2 is 1.97 bits per heavy atom. The van der Waals surface area contributed by atoms with Crippen molar-refractivity contribution >= 4 is 34.0 Å². The Hall–Kier alpha value is -2.67. The van der Waals surface area contributed by atoms with Crippen LogP contribution in [0.25, 0.3) is 5.65 Å². The van der Waals surface area contributed by atoms with Crippen molar-refractivity contribution < 1.29 is 4.79 Å². The van der Waals surface area contributed by atoms with Crippen LogP contribution in [0.5, 0.6) is 0 Å². The first-order valence-corrected chi connectivity index (χ1v) is 12.2. The zero-order valence-electron chi connectivity index (χ0n) is 17.8. The lowest BCUT2D eigenvalue weighted by atomic mass is 9.89. The molecule has 0 saturated heterocycles. The van der Waals surface area contributed by atoms with Crippen LogP contribution in [-0.4, -0.2) is 37.3 Å². The Labute approximate surface area is 186 Å². The molecule has 6 nitrogen and oxygen atoms in total. The summed E-state index contributed by atoms with van der Waals surface area (Å²) in [5.41, 5.74) is 2.92. The fourth-order valence-electron chi connectivity index (χ4n) is 4.49. The number of benzene rings is 1. The second-order valence-corrected chi connectivity index (χ2v) is 9.32. The third kappa shape index (κ3) is 3.99. The van der Waals surface area contributed by atoms with Crippen molar-refractivity contribution in [1.29, 1.82) is 0 Å². The third-order valence-corrected chi connectivity index (χ3v) is 7.42. The average Bonchev–Trinajstić information content (AvgIpc) is 3.47. The highest BCUT2D eigenvalue weighted by molar-refractivity contribution is 8.14. The van der Waals surface area contributed by atoms with E-state index in [9.17, 15) is 4.79 Å². The van der Waals surface area contributed by atoms with Crippen LogP contribution in [0.3, 0.4) is 0 Å². The number of pyridine rings is 1. The maximum atomic E-state index is 13.3. The Morgan fingerprint density at radius 3 is 2.77 bits per heavy atom. The van der Waals surface area contributed by atoms with E-state index in [0.29, 0.717) is 23.2 Å². The van der Waals surface area contributed by atoms with Gasteiger partial charge in [-0.15, -0.1) is 22.0 Å². The van der Waals surface area contributed by atoms with E-state index in [0.717, 1.165) is 47.1 Å². The molecule has 2 aliphatic rings. The third-order valence-electron chi connectivity index (χ3n) is 6.27. The van der Waals surface area contributed by atoms with Gasteiger partial charge in [0.25, 0.3) is 5.91 Å². The molecule has 1 aliphatic carbocycles. The van der Waals surface area contributed by atoms with E-state index in [1.165, 1.54) is 19.3 Å². The summed E-state index contributed by atoms with van der Waals surface area (Å²) in [6, 6.07) is 12.0. The second kappa shape index (κ2) is 8.83. The first-order chi connectivity index (χ1) is 15.2. The number of rotatable bonds is 5. The Balaban J connectivity index is 1.44. The molecule has 0 spiro atoms. The van der Waals surface area contributed by atoms with E-state index < -0.39 is 0 Å². The number of aromatic nitrogens is 3. The SMILES string of the molecule is CCC1CSC(c2ccccc2NC(=O)c2cccn3c(C4CCCCC4)nnc23)=N1. The zero-order valence-corrected chi connectivity index (χ0v) is 18.6. The highest BCUT2D eigenvalue weighted by Crippen LogP contribution is 2.32. The molecule has 0 bridgehead atoms. The molecule has 0 radical (unpaired) electrons. The molecule has 1 fully saturated rings. The predicted molar refractivity (Wildman–Crippen MR) is 126 cm³/mol. The number of nitrogens with one attached hydrogen (secondary N) is 1. The molecular weight excluding hydrogens is 406 g/mol. The van der Waals surface area contributed by atoms with Gasteiger partial charge in [-0.3, -0.25) is 14.2 Å². The van der Waals surface area contributed by atoms with Crippen LogP contribution in [0.4, 0.5) is 5.69 Å². The van der Waals surface area contributed by atoms with Crippen molar-refractivity contribution in [3.8, 4) is 0 Å². The average molecular weight is 434 g/mol. The van der Waals surface area contributed by atoms with E-state index in [-0.39, 0.29) is 5.91 Å². The van der Waals surface area contributed by atoms with E-state index in [2.05, 4.69) is 22.4 Å². The van der Waals surface area contributed by atoms with Gasteiger partial charge in [-0.25, -0.2) is 0 Å². The van der Waals surface area contributed by atoms with Gasteiger partial charge in [0.1, 0.15) is 10.9 Å². The van der Waals surface area contributed by atoms with E-state index in [4.69, 9.17) is 4.99 Å². The minimum Gasteiger partial charge on any atom is -0.321 e. The minimum absolute atomic E-state index is 0.170. The maximum absolute atomic E-state index is 13.3. The lowest BCUT2D eigenvalue weighted by molar-refractivity contribution is 0.102. The monoisotopic (exact) mass is 433 g/mol. The molecule has 31 heavy (non-hydrogen) atoms. The van der Waals surface area contributed by atoms with Crippen LogP contribution in [0, 0.1) is 0 Å². The van der Waals surface area contributed by atoms with Gasteiger partial charge in [0, 0.05) is 23.4 Å². The van der Waals surface area contributed by atoms with Crippen LogP contribution < -0.4 is 5.32 Å². The van der Waals surface area contributed by atoms with Crippen LogP contribution in [0.1, 0.15) is 73.1 Å². The first kappa shape index (κ1) is 20.2. The smallest absolute Gasteiger partial charge is 0.259 e. The number of hydrogen-bond donors (Lipinski definition) is 1. The fraction of sp³-hybridized carbons (Fsp3) is 0.417. The summed E-state index contributed by atoms with van der Waals surface area (Å²) in [7, 11) is 0. The predicted octanol–water partition coefficient (Wildman–Crippen LogP) is 5.30. The van der Waals surface area contributed by atoms with Crippen LogP contribution >= 0.6 is 11.8 Å². The van der Waals surface area contributed by atoms with Crippen molar-refractivity contribution in [3.05, 3.63) is 59.5 Å². The Morgan fingerprint density at radius 1 is 1.13 bits per heavy atom. The number of hydrogen-bond acceptors (Lipinski definition) is 5. The molecule has 1 amide bonds. The molecule has 1 aliphatic heterocycles. The van der Waals surface area contributed by atoms with Gasteiger partial charge in [-0.05, 0) is 37.5 Å². The lowest BCUT2D eigenvalue weighted by Crippen LogP contribution is -2.16. The minimum atomic E-state index is -0.170. The molecule has 160 valence electrons. The molecule has 2 aromatic heterocycles. The van der Waals surface area contributed by atoms with Crippen molar-refractivity contribution in [3.63, 3.8) is 0 Å². The second-order valence-electron chi connectivity index (χ2n) is 8.32. The van der Waals surface area contributed by atoms with Crippen LogP contribution in [-0.2, 0) is 0 Å². The highest BCUT2D eigenvalue weighted by atomic mass is 32.2. The van der Waals surface area contributed by atoms with E-state index >= 15 is 0 Å². The number of anilines is 1. The number of carbonyl (C=O) groups excluding carboxylic acids is 1. The van der Waals surface area contributed by atoms with Gasteiger partial charge < -0.3 is 5.32 Å². The van der Waals surface area contributed by atoms with Gasteiger partial charge in [-0.1, -0.05) is 44.4 Å². The summed E-state index contributed by atoms with van der Waals surface area (Å²) in [4.78, 5) is 18.1. The summed E-state index contributed by atoms with van der Waals surface area (Å²) >= 11 is 1.76. The quantitative estimate of drug-likeness (QED) is 0.592. The molecule has 7 heteroatoms. The molecule has 1 aromatic carbocycles. The Bertz CT molecular complexity index is 1130. The normalized spacial score (nSPS) is 19.5. The molecule has 3 heterocycles. The number of thioether (sulfide) groups is 1. The molecular formula is C24H27N5OS. The fourth-order valence-corrected chi connectivity index (χ4v) is 5.71. The molecule has 5 rings (SSSR count). The van der Waals surface area contributed by atoms with Crippen molar-refractivity contribution in [2.75, 3.05) is 11.1 Å². The van der Waals surface area contributed by atoms with Gasteiger partial charge in [-0.2, -0.15) is 0 Å². The van der Waals surface area contributed by atoms with Gasteiger partial charge in [0.2, 0.25) is 0 Å². The maximum Gasteiger partial charge on any atom is 0.259 e. The van der Waals surface area contributed by atoms with Gasteiger partial charge in [0.05, 0.1) is 17.3 Å². The number of carbonyl (C=O) groups is 1. The largest absolute Gasteiger partial charge is 0.321 e. The molecule has 1 saturated carbocycles. The van der Waals surface area contributed by atoms with E-state index in [1.807, 2.05) is 47.0 Å². The van der Waals surface area contributed by atoms with Gasteiger partial charge in [0.15, 0.2) is 5.65 Å². The van der Waals surface area contributed by atoms with Crippen LogP contribution in [0.2, 0.25) is 0 Å². The number of para-hydroxylation sites is 1. The molecule has 1 atom stereocenters. The Kier molecular flexibility index (Phi) is 5.76. The standard InChI is InChI=1S/C24H27N5OS/c1-2-17-15-31-24(25-17)18-11-6-7-13-20(18)26-23(30)19-12-8-14-29-21(27-28-22(19)29)16-9-4-3-5-10-16/h6-8,11-14,16-17H,2-5,9-10,15H2,1H3,(H,26,30). The number of aliphatic imine (C=N–C) groups is 1. The zero-order chi connectivity index (χ0) is 21.2. The lowest BCUT2D eigenvalue weighted by Gasteiger charge is -2.19. The van der Waals surface area contributed by atoms with Gasteiger partial charge >= 0.3 is 0 Å². The summed E-state index contributed by atoms with van der Waals surface area (Å²) in [5.74, 6) is 2.23. The van der Waals surface area contributed by atoms with Crippen molar-refractivity contribution in [2.45, 2.75) is 57.4 Å². The van der Waals surface area contributed by atoms with E-state index in [1.54, 1.807) is 11.8 Å². The topological polar surface area (TPSA) is 71.7 Å². The van der Waals surface area contributed by atoms with Crippen LogP contribution in [0.15, 0.2) is 47.6 Å². The number of nitrogens with zero attached hydrogens (tertiary/aromatic N) is 4. The number of amides is 1.